The average molecular weight is 399 g/mol. The van der Waals surface area contributed by atoms with E-state index in [4.69, 9.17) is 0 Å². The molecule has 28 heavy (non-hydrogen) atoms. The fraction of sp³-hybridized carbons (Fsp3) is 0.391. The molecule has 0 heterocycles. The normalized spacial score (nSPS) is 11.7. The molecule has 0 fully saturated rings. The smallest absolute Gasteiger partial charge is 0.242 e. The number of thioether (sulfide) groups is 1. The lowest BCUT2D eigenvalue weighted by Gasteiger charge is -2.30. The van der Waals surface area contributed by atoms with Crippen molar-refractivity contribution in [3.8, 4) is 0 Å². The van der Waals surface area contributed by atoms with Gasteiger partial charge in [-0.15, -0.1) is 11.8 Å². The fourth-order valence-electron chi connectivity index (χ4n) is 3.00. The van der Waals surface area contributed by atoms with Crippen LogP contribution in [0.4, 0.5) is 0 Å². The van der Waals surface area contributed by atoms with E-state index in [1.807, 2.05) is 38.1 Å². The van der Waals surface area contributed by atoms with Crippen molar-refractivity contribution in [2.45, 2.75) is 45.5 Å². The van der Waals surface area contributed by atoms with Crippen LogP contribution < -0.4 is 5.32 Å². The minimum absolute atomic E-state index is 0.00635. The molecule has 0 radical (unpaired) electrons. The Kier molecular flexibility index (Phi) is 8.58. The van der Waals surface area contributed by atoms with E-state index in [0.29, 0.717) is 18.7 Å². The Morgan fingerprint density at radius 1 is 0.964 bits per heavy atom. The first-order valence-corrected chi connectivity index (χ1v) is 10.8. The van der Waals surface area contributed by atoms with Gasteiger partial charge in [0, 0.05) is 19.3 Å². The number of nitrogens with zero attached hydrogens (tertiary/aromatic N) is 1. The van der Waals surface area contributed by atoms with Gasteiger partial charge < -0.3 is 10.2 Å². The minimum Gasteiger partial charge on any atom is -0.357 e. The predicted octanol–water partition coefficient (Wildman–Crippen LogP) is 4.09. The van der Waals surface area contributed by atoms with Gasteiger partial charge in [-0.25, -0.2) is 0 Å². The van der Waals surface area contributed by atoms with Gasteiger partial charge in [-0.2, -0.15) is 0 Å². The molecule has 2 rings (SSSR count). The Morgan fingerprint density at radius 3 is 2.00 bits per heavy atom. The van der Waals surface area contributed by atoms with Crippen LogP contribution in [0.3, 0.4) is 0 Å². The van der Waals surface area contributed by atoms with Gasteiger partial charge in [0.05, 0.1) is 5.75 Å². The van der Waals surface area contributed by atoms with Gasteiger partial charge in [-0.05, 0) is 31.4 Å². The maximum Gasteiger partial charge on any atom is 0.242 e. The molecule has 0 aliphatic carbocycles. The average Bonchev–Trinajstić information content (AvgIpc) is 2.70. The van der Waals surface area contributed by atoms with E-state index in [1.54, 1.807) is 23.7 Å². The first-order chi connectivity index (χ1) is 13.4. The standard InChI is InChI=1S/C23H30N2O2S/c1-5-21(23(27)24-4)25(14-19-10-6-17(2)7-11-19)22(26)16-28-15-20-12-8-18(3)9-13-20/h6-13,21H,5,14-16H2,1-4H3,(H,24,27)/t21-/m1/s1. The number of rotatable bonds is 9. The molecule has 0 saturated heterocycles. The topological polar surface area (TPSA) is 49.4 Å². The highest BCUT2D eigenvalue weighted by molar-refractivity contribution is 7.99. The third kappa shape index (κ3) is 6.41. The van der Waals surface area contributed by atoms with Crippen molar-refractivity contribution in [1.82, 2.24) is 10.2 Å². The van der Waals surface area contributed by atoms with Gasteiger partial charge >= 0.3 is 0 Å². The van der Waals surface area contributed by atoms with Gasteiger partial charge in [0.15, 0.2) is 0 Å². The third-order valence-electron chi connectivity index (χ3n) is 4.72. The molecule has 2 aromatic rings. The van der Waals surface area contributed by atoms with Crippen LogP contribution in [0, 0.1) is 13.8 Å². The maximum atomic E-state index is 13.0. The fourth-order valence-corrected chi connectivity index (χ4v) is 3.87. The summed E-state index contributed by atoms with van der Waals surface area (Å²) < 4.78 is 0. The number of carbonyl (C=O) groups is 2. The van der Waals surface area contributed by atoms with E-state index in [0.717, 1.165) is 11.3 Å². The second kappa shape index (κ2) is 10.9. The number of benzene rings is 2. The zero-order valence-corrected chi connectivity index (χ0v) is 18.0. The zero-order valence-electron chi connectivity index (χ0n) is 17.2. The lowest BCUT2D eigenvalue weighted by molar-refractivity contribution is -0.139. The SMILES string of the molecule is CC[C@H](C(=O)NC)N(Cc1ccc(C)cc1)C(=O)CSCc1ccc(C)cc1. The summed E-state index contributed by atoms with van der Waals surface area (Å²) in [7, 11) is 1.62. The van der Waals surface area contributed by atoms with Crippen LogP contribution in [0.25, 0.3) is 0 Å². The molecule has 2 aromatic carbocycles. The molecule has 5 heteroatoms. The predicted molar refractivity (Wildman–Crippen MR) is 117 cm³/mol. The van der Waals surface area contributed by atoms with Gasteiger partial charge in [-0.3, -0.25) is 9.59 Å². The molecule has 150 valence electrons. The van der Waals surface area contributed by atoms with E-state index in [-0.39, 0.29) is 11.8 Å². The van der Waals surface area contributed by atoms with Crippen LogP contribution in [0.2, 0.25) is 0 Å². The summed E-state index contributed by atoms with van der Waals surface area (Å²) in [6.45, 7) is 6.48. The van der Waals surface area contributed by atoms with E-state index >= 15 is 0 Å². The molecule has 4 nitrogen and oxygen atoms in total. The van der Waals surface area contributed by atoms with Crippen LogP contribution >= 0.6 is 11.8 Å². The number of hydrogen-bond donors (Lipinski definition) is 1. The second-order valence-corrected chi connectivity index (χ2v) is 8.01. The van der Waals surface area contributed by atoms with Crippen LogP contribution in [-0.2, 0) is 21.9 Å². The Hall–Kier alpha value is -2.27. The molecule has 0 saturated carbocycles. The third-order valence-corrected chi connectivity index (χ3v) is 5.71. The van der Waals surface area contributed by atoms with Gasteiger partial charge in [0.25, 0.3) is 0 Å². The molecule has 0 unspecified atom stereocenters. The molecule has 0 spiro atoms. The monoisotopic (exact) mass is 398 g/mol. The maximum absolute atomic E-state index is 13.0. The Balaban J connectivity index is 2.07. The number of nitrogens with one attached hydrogen (secondary N) is 1. The van der Waals surface area contributed by atoms with E-state index < -0.39 is 6.04 Å². The minimum atomic E-state index is -0.459. The van der Waals surface area contributed by atoms with Crippen molar-refractivity contribution in [3.63, 3.8) is 0 Å². The van der Waals surface area contributed by atoms with Crippen molar-refractivity contribution in [2.75, 3.05) is 12.8 Å². The number of amides is 2. The number of hydrogen-bond acceptors (Lipinski definition) is 3. The van der Waals surface area contributed by atoms with Crippen molar-refractivity contribution in [2.24, 2.45) is 0 Å². The highest BCUT2D eigenvalue weighted by Crippen LogP contribution is 2.18. The molecule has 0 aliphatic rings. The summed E-state index contributed by atoms with van der Waals surface area (Å²) in [4.78, 5) is 27.1. The summed E-state index contributed by atoms with van der Waals surface area (Å²) in [6.07, 6.45) is 0.583. The summed E-state index contributed by atoms with van der Waals surface area (Å²) in [6, 6.07) is 16.0. The molecular weight excluding hydrogens is 368 g/mol. The van der Waals surface area contributed by atoms with Crippen molar-refractivity contribution >= 4 is 23.6 Å². The summed E-state index contributed by atoms with van der Waals surface area (Å²) >= 11 is 1.59. The second-order valence-electron chi connectivity index (χ2n) is 7.02. The number of likely N-dealkylation sites (N-methyl/N-ethyl adjacent to an activating group) is 1. The highest BCUT2D eigenvalue weighted by Gasteiger charge is 2.27. The van der Waals surface area contributed by atoms with Crippen LogP contribution in [0.1, 0.15) is 35.6 Å². The summed E-state index contributed by atoms with van der Waals surface area (Å²) in [5.41, 5.74) is 4.63. The molecule has 0 aliphatic heterocycles. The molecule has 1 N–H and O–H groups in total. The number of aryl methyl sites for hydroxylation is 2. The Bertz CT molecular complexity index is 772. The largest absolute Gasteiger partial charge is 0.357 e. The summed E-state index contributed by atoms with van der Waals surface area (Å²) in [5, 5.41) is 2.69. The first-order valence-electron chi connectivity index (χ1n) is 9.64. The highest BCUT2D eigenvalue weighted by atomic mass is 32.2. The van der Waals surface area contributed by atoms with Crippen LogP contribution in [0.5, 0.6) is 0 Å². The molecule has 0 aromatic heterocycles. The molecule has 1 atom stereocenters. The van der Waals surface area contributed by atoms with Gasteiger partial charge in [0.1, 0.15) is 6.04 Å². The quantitative estimate of drug-likeness (QED) is 0.692. The lowest BCUT2D eigenvalue weighted by Crippen LogP contribution is -2.48. The lowest BCUT2D eigenvalue weighted by atomic mass is 10.1. The van der Waals surface area contributed by atoms with Gasteiger partial charge in [0.2, 0.25) is 11.8 Å². The zero-order chi connectivity index (χ0) is 20.5. The van der Waals surface area contributed by atoms with E-state index in [1.165, 1.54) is 16.7 Å². The first kappa shape index (κ1) is 22.0. The summed E-state index contributed by atoms with van der Waals surface area (Å²) in [5.74, 6) is 1.01. The van der Waals surface area contributed by atoms with Crippen LogP contribution in [-0.4, -0.2) is 35.6 Å². The van der Waals surface area contributed by atoms with Crippen LogP contribution in [0.15, 0.2) is 48.5 Å². The van der Waals surface area contributed by atoms with Crippen molar-refractivity contribution < 1.29 is 9.59 Å². The Labute approximate surface area is 172 Å². The molecular formula is C23H30N2O2S. The van der Waals surface area contributed by atoms with Crippen molar-refractivity contribution in [1.29, 1.82) is 0 Å². The molecule has 0 bridgehead atoms. The number of carbonyl (C=O) groups excluding carboxylic acids is 2. The van der Waals surface area contributed by atoms with E-state index in [9.17, 15) is 9.59 Å². The molecule has 2 amide bonds. The van der Waals surface area contributed by atoms with Gasteiger partial charge in [-0.1, -0.05) is 66.6 Å². The van der Waals surface area contributed by atoms with Crippen molar-refractivity contribution in [3.05, 3.63) is 70.8 Å². The Morgan fingerprint density at radius 2 is 1.50 bits per heavy atom. The van der Waals surface area contributed by atoms with E-state index in [2.05, 4.69) is 36.5 Å².